The Kier molecular flexibility index (Phi) is 7.54. The van der Waals surface area contributed by atoms with E-state index in [1.54, 1.807) is 11.3 Å². The summed E-state index contributed by atoms with van der Waals surface area (Å²) in [5, 5.41) is 15.2. The minimum atomic E-state index is -0.582. The highest BCUT2D eigenvalue weighted by molar-refractivity contribution is 7.22. The summed E-state index contributed by atoms with van der Waals surface area (Å²) in [4.78, 5) is 25.9. The SMILES string of the molecule is CCc1nc2cc(OCC(O)CN3CCN(CC(=O)Nc4nc5ccccc5s4)CC3)ccc2s1. The number of nitrogens with zero attached hydrogens (tertiary/aromatic N) is 4. The molecule has 0 saturated carbocycles. The van der Waals surface area contributed by atoms with Gasteiger partial charge in [0.2, 0.25) is 5.91 Å². The van der Waals surface area contributed by atoms with E-state index in [9.17, 15) is 9.90 Å². The van der Waals surface area contributed by atoms with Gasteiger partial charge in [0.1, 0.15) is 18.5 Å². The maximum absolute atomic E-state index is 12.5. The highest BCUT2D eigenvalue weighted by atomic mass is 32.1. The fourth-order valence-electron chi connectivity index (χ4n) is 4.16. The maximum atomic E-state index is 12.5. The topological polar surface area (TPSA) is 90.8 Å². The second-order valence-corrected chi connectivity index (χ2v) is 10.8. The summed E-state index contributed by atoms with van der Waals surface area (Å²) >= 11 is 3.19. The summed E-state index contributed by atoms with van der Waals surface area (Å²) in [6.07, 6.45) is 0.344. The number of anilines is 1. The molecule has 5 rings (SSSR count). The number of amides is 1. The molecule has 3 heterocycles. The Labute approximate surface area is 212 Å². The van der Waals surface area contributed by atoms with Crippen LogP contribution in [0.25, 0.3) is 20.4 Å². The summed E-state index contributed by atoms with van der Waals surface area (Å²) in [5.74, 6) is 0.683. The molecule has 35 heavy (non-hydrogen) atoms. The van der Waals surface area contributed by atoms with Crippen molar-refractivity contribution in [2.24, 2.45) is 0 Å². The molecule has 2 aromatic heterocycles. The van der Waals surface area contributed by atoms with Crippen LogP contribution < -0.4 is 10.1 Å². The van der Waals surface area contributed by atoms with Crippen molar-refractivity contribution in [1.82, 2.24) is 19.8 Å². The van der Waals surface area contributed by atoms with E-state index in [4.69, 9.17) is 4.74 Å². The Bertz CT molecular complexity index is 1270. The van der Waals surface area contributed by atoms with Crippen molar-refractivity contribution in [2.75, 3.05) is 51.2 Å². The number of aromatic nitrogens is 2. The number of ether oxygens (including phenoxy) is 1. The number of nitrogens with one attached hydrogen (secondary N) is 1. The van der Waals surface area contributed by atoms with Gasteiger partial charge < -0.3 is 15.2 Å². The zero-order chi connectivity index (χ0) is 24.2. The predicted molar refractivity (Wildman–Crippen MR) is 142 cm³/mol. The third kappa shape index (κ3) is 6.14. The standard InChI is InChI=1S/C25H29N5O3S2/c1-2-24-26-20-13-18(7-8-22(20)34-24)33-16-17(31)14-29-9-11-30(12-10-29)15-23(32)28-25-27-19-5-3-4-6-21(19)35-25/h3-8,13,17,31H,2,9-12,14-16H2,1H3,(H,27,28,32). The highest BCUT2D eigenvalue weighted by Gasteiger charge is 2.21. The number of thiazole rings is 2. The number of carbonyl (C=O) groups is 1. The largest absolute Gasteiger partial charge is 0.491 e. The van der Waals surface area contributed by atoms with Gasteiger partial charge in [0.15, 0.2) is 5.13 Å². The van der Waals surface area contributed by atoms with E-state index in [-0.39, 0.29) is 12.5 Å². The zero-order valence-corrected chi connectivity index (χ0v) is 21.3. The lowest BCUT2D eigenvalue weighted by Crippen LogP contribution is -2.50. The summed E-state index contributed by atoms with van der Waals surface area (Å²) in [6, 6.07) is 13.8. The molecule has 0 spiro atoms. The summed E-state index contributed by atoms with van der Waals surface area (Å²) in [7, 11) is 0. The smallest absolute Gasteiger partial charge is 0.240 e. The number of para-hydroxylation sites is 1. The molecular weight excluding hydrogens is 482 g/mol. The molecule has 184 valence electrons. The van der Waals surface area contributed by atoms with E-state index >= 15 is 0 Å². The number of benzene rings is 2. The highest BCUT2D eigenvalue weighted by Crippen LogP contribution is 2.27. The van der Waals surface area contributed by atoms with Crippen molar-refractivity contribution in [2.45, 2.75) is 19.4 Å². The minimum absolute atomic E-state index is 0.0471. The number of fused-ring (bicyclic) bond motifs is 2. The molecule has 2 aromatic carbocycles. The van der Waals surface area contributed by atoms with Gasteiger partial charge in [-0.2, -0.15) is 0 Å². The molecule has 10 heteroatoms. The number of hydrogen-bond acceptors (Lipinski definition) is 9. The third-order valence-corrected chi connectivity index (χ3v) is 8.12. The van der Waals surface area contributed by atoms with E-state index in [2.05, 4.69) is 32.0 Å². The van der Waals surface area contributed by atoms with Crippen LogP contribution in [-0.2, 0) is 11.2 Å². The molecule has 1 fully saturated rings. The van der Waals surface area contributed by atoms with Crippen LogP contribution in [0.2, 0.25) is 0 Å². The van der Waals surface area contributed by atoms with Gasteiger partial charge in [0.05, 0.1) is 32.0 Å². The van der Waals surface area contributed by atoms with Gasteiger partial charge in [-0.1, -0.05) is 30.4 Å². The Morgan fingerprint density at radius 2 is 1.83 bits per heavy atom. The van der Waals surface area contributed by atoms with Gasteiger partial charge >= 0.3 is 0 Å². The van der Waals surface area contributed by atoms with Crippen LogP contribution in [0.5, 0.6) is 5.75 Å². The number of aliphatic hydroxyl groups excluding tert-OH is 1. The lowest BCUT2D eigenvalue weighted by Gasteiger charge is -2.35. The molecular formula is C25H29N5O3S2. The zero-order valence-electron chi connectivity index (χ0n) is 19.6. The molecule has 8 nitrogen and oxygen atoms in total. The first-order valence-electron chi connectivity index (χ1n) is 11.9. The number of rotatable bonds is 9. The Morgan fingerprint density at radius 1 is 1.06 bits per heavy atom. The second kappa shape index (κ2) is 11.0. The monoisotopic (exact) mass is 511 g/mol. The number of aryl methyl sites for hydroxylation is 1. The van der Waals surface area contributed by atoms with Crippen LogP contribution in [0, 0.1) is 0 Å². The van der Waals surface area contributed by atoms with Gasteiger partial charge in [-0.15, -0.1) is 11.3 Å². The Morgan fingerprint density at radius 3 is 2.63 bits per heavy atom. The molecule has 1 aliphatic rings. The molecule has 1 unspecified atom stereocenters. The predicted octanol–water partition coefficient (Wildman–Crippen LogP) is 3.46. The summed E-state index contributed by atoms with van der Waals surface area (Å²) < 4.78 is 8.05. The summed E-state index contributed by atoms with van der Waals surface area (Å²) in [5.41, 5.74) is 1.85. The molecule has 0 aliphatic carbocycles. The van der Waals surface area contributed by atoms with Crippen molar-refractivity contribution >= 4 is 54.1 Å². The van der Waals surface area contributed by atoms with Gasteiger partial charge in [-0.3, -0.25) is 14.6 Å². The molecule has 0 bridgehead atoms. The summed E-state index contributed by atoms with van der Waals surface area (Å²) in [6.45, 7) is 6.39. The van der Waals surface area contributed by atoms with Crippen molar-refractivity contribution in [3.63, 3.8) is 0 Å². The van der Waals surface area contributed by atoms with E-state index in [0.717, 1.165) is 63.8 Å². The van der Waals surface area contributed by atoms with E-state index < -0.39 is 6.10 Å². The normalized spacial score (nSPS) is 16.1. The van der Waals surface area contributed by atoms with Crippen LogP contribution in [0.15, 0.2) is 42.5 Å². The second-order valence-electron chi connectivity index (χ2n) is 8.67. The molecule has 1 aliphatic heterocycles. The molecule has 0 radical (unpaired) electrons. The van der Waals surface area contributed by atoms with Gasteiger partial charge in [-0.25, -0.2) is 9.97 Å². The molecule has 4 aromatic rings. The number of β-amino-alcohol motifs (C(OH)–C–C–N with tert-alkyl or cyclic N) is 1. The lowest BCUT2D eigenvalue weighted by atomic mass is 10.2. The quantitative estimate of drug-likeness (QED) is 0.356. The van der Waals surface area contributed by atoms with Crippen molar-refractivity contribution in [3.8, 4) is 5.75 Å². The fraction of sp³-hybridized carbons (Fsp3) is 0.400. The number of aliphatic hydroxyl groups is 1. The van der Waals surface area contributed by atoms with Crippen LogP contribution in [0.4, 0.5) is 5.13 Å². The first kappa shape index (κ1) is 24.1. The Hall–Kier alpha value is -2.63. The number of piperazine rings is 1. The average molecular weight is 512 g/mol. The third-order valence-electron chi connectivity index (χ3n) is 5.99. The van der Waals surface area contributed by atoms with Crippen LogP contribution >= 0.6 is 22.7 Å². The van der Waals surface area contributed by atoms with Crippen molar-refractivity contribution in [3.05, 3.63) is 47.5 Å². The van der Waals surface area contributed by atoms with E-state index in [0.29, 0.717) is 18.2 Å². The van der Waals surface area contributed by atoms with Crippen molar-refractivity contribution in [1.29, 1.82) is 0 Å². The van der Waals surface area contributed by atoms with Crippen LogP contribution in [0.3, 0.4) is 0 Å². The van der Waals surface area contributed by atoms with Gasteiger partial charge in [-0.05, 0) is 30.7 Å². The molecule has 1 amide bonds. The molecule has 2 N–H and O–H groups in total. The Balaban J connectivity index is 1.03. The average Bonchev–Trinajstić information content (AvgIpc) is 3.46. The number of carbonyl (C=O) groups excluding carboxylic acids is 1. The number of hydrogen-bond donors (Lipinski definition) is 2. The minimum Gasteiger partial charge on any atom is -0.491 e. The van der Waals surface area contributed by atoms with Gasteiger partial charge in [0, 0.05) is 38.8 Å². The van der Waals surface area contributed by atoms with Crippen LogP contribution in [-0.4, -0.2) is 82.8 Å². The maximum Gasteiger partial charge on any atom is 0.240 e. The first-order valence-corrected chi connectivity index (χ1v) is 13.5. The fourth-order valence-corrected chi connectivity index (χ4v) is 5.93. The lowest BCUT2D eigenvalue weighted by molar-refractivity contribution is -0.117. The molecule has 1 saturated heterocycles. The van der Waals surface area contributed by atoms with Crippen molar-refractivity contribution < 1.29 is 14.6 Å². The van der Waals surface area contributed by atoms with E-state index in [1.807, 2.05) is 42.5 Å². The van der Waals surface area contributed by atoms with Gasteiger partial charge in [0.25, 0.3) is 0 Å². The van der Waals surface area contributed by atoms with Crippen LogP contribution in [0.1, 0.15) is 11.9 Å². The first-order chi connectivity index (χ1) is 17.1. The van der Waals surface area contributed by atoms with E-state index in [1.165, 1.54) is 11.3 Å². The molecule has 1 atom stereocenters.